The van der Waals surface area contributed by atoms with Crippen molar-refractivity contribution in [3.05, 3.63) is 48.2 Å². The first-order valence-corrected chi connectivity index (χ1v) is 5.11. The molecule has 0 saturated carbocycles. The maximum atomic E-state index is 11.6. The van der Waals surface area contributed by atoms with Crippen molar-refractivity contribution < 1.29 is 9.53 Å². The van der Waals surface area contributed by atoms with Gasteiger partial charge in [-0.2, -0.15) is 0 Å². The van der Waals surface area contributed by atoms with Crippen LogP contribution in [0, 0.1) is 0 Å². The standard InChI is InChI=1S/C13H12N2O2/c1-17-13(16)11-6-3-7-15-12(11)9-4-2-5-10(14)8-9/h2-8H,14H2,1H3. The predicted octanol–water partition coefficient (Wildman–Crippen LogP) is 2.12. The van der Waals surface area contributed by atoms with E-state index in [0.29, 0.717) is 16.9 Å². The van der Waals surface area contributed by atoms with Crippen molar-refractivity contribution in [2.24, 2.45) is 0 Å². The van der Waals surface area contributed by atoms with E-state index < -0.39 is 5.97 Å². The van der Waals surface area contributed by atoms with E-state index in [0.717, 1.165) is 5.56 Å². The van der Waals surface area contributed by atoms with Crippen LogP contribution in [0.3, 0.4) is 0 Å². The summed E-state index contributed by atoms with van der Waals surface area (Å²) in [7, 11) is 1.35. The molecule has 1 aromatic heterocycles. The highest BCUT2D eigenvalue weighted by Gasteiger charge is 2.13. The molecule has 17 heavy (non-hydrogen) atoms. The quantitative estimate of drug-likeness (QED) is 0.631. The SMILES string of the molecule is COC(=O)c1cccnc1-c1cccc(N)c1. The lowest BCUT2D eigenvalue weighted by Crippen LogP contribution is -2.04. The minimum Gasteiger partial charge on any atom is -0.465 e. The van der Waals surface area contributed by atoms with Gasteiger partial charge in [-0.1, -0.05) is 12.1 Å². The van der Waals surface area contributed by atoms with E-state index in [4.69, 9.17) is 10.5 Å². The lowest BCUT2D eigenvalue weighted by Gasteiger charge is -2.07. The van der Waals surface area contributed by atoms with Gasteiger partial charge in [-0.25, -0.2) is 4.79 Å². The number of aromatic nitrogens is 1. The molecule has 4 heteroatoms. The van der Waals surface area contributed by atoms with Crippen LogP contribution in [0.2, 0.25) is 0 Å². The zero-order chi connectivity index (χ0) is 12.3. The van der Waals surface area contributed by atoms with Crippen molar-refractivity contribution in [3.8, 4) is 11.3 Å². The van der Waals surface area contributed by atoms with E-state index in [1.54, 1.807) is 30.5 Å². The molecule has 2 N–H and O–H groups in total. The Morgan fingerprint density at radius 1 is 1.29 bits per heavy atom. The average molecular weight is 228 g/mol. The molecule has 2 aromatic rings. The van der Waals surface area contributed by atoms with Gasteiger partial charge in [0.25, 0.3) is 0 Å². The number of rotatable bonds is 2. The van der Waals surface area contributed by atoms with Crippen LogP contribution in [0.5, 0.6) is 0 Å². The average Bonchev–Trinajstić information content (AvgIpc) is 2.38. The maximum Gasteiger partial charge on any atom is 0.340 e. The number of pyridine rings is 1. The number of esters is 1. The van der Waals surface area contributed by atoms with Gasteiger partial charge in [0, 0.05) is 17.4 Å². The first-order valence-electron chi connectivity index (χ1n) is 5.11. The van der Waals surface area contributed by atoms with Gasteiger partial charge >= 0.3 is 5.97 Å². The third kappa shape index (κ3) is 2.25. The highest BCUT2D eigenvalue weighted by Crippen LogP contribution is 2.23. The van der Waals surface area contributed by atoms with Crippen molar-refractivity contribution in [2.75, 3.05) is 12.8 Å². The van der Waals surface area contributed by atoms with Gasteiger partial charge in [0.05, 0.1) is 18.4 Å². The van der Waals surface area contributed by atoms with E-state index in [1.807, 2.05) is 12.1 Å². The lowest BCUT2D eigenvalue weighted by molar-refractivity contribution is 0.0601. The summed E-state index contributed by atoms with van der Waals surface area (Å²) in [4.78, 5) is 15.8. The van der Waals surface area contributed by atoms with E-state index in [-0.39, 0.29) is 0 Å². The molecule has 2 rings (SSSR count). The Labute approximate surface area is 99.1 Å². The van der Waals surface area contributed by atoms with Crippen molar-refractivity contribution in [3.63, 3.8) is 0 Å². The fourth-order valence-corrected chi connectivity index (χ4v) is 1.60. The number of ether oxygens (including phenoxy) is 1. The maximum absolute atomic E-state index is 11.6. The number of carbonyl (C=O) groups excluding carboxylic acids is 1. The Balaban J connectivity index is 2.55. The number of methoxy groups -OCH3 is 1. The molecule has 1 heterocycles. The van der Waals surface area contributed by atoms with Gasteiger partial charge in [0.2, 0.25) is 0 Å². The monoisotopic (exact) mass is 228 g/mol. The third-order valence-electron chi connectivity index (χ3n) is 2.37. The molecule has 0 bridgehead atoms. The van der Waals surface area contributed by atoms with Gasteiger partial charge in [-0.3, -0.25) is 4.98 Å². The van der Waals surface area contributed by atoms with Crippen LogP contribution in [0.15, 0.2) is 42.6 Å². The van der Waals surface area contributed by atoms with Crippen LogP contribution in [0.25, 0.3) is 11.3 Å². The van der Waals surface area contributed by atoms with E-state index in [1.165, 1.54) is 7.11 Å². The minimum absolute atomic E-state index is 0.407. The lowest BCUT2D eigenvalue weighted by atomic mass is 10.1. The van der Waals surface area contributed by atoms with Crippen LogP contribution in [0.1, 0.15) is 10.4 Å². The smallest absolute Gasteiger partial charge is 0.340 e. The molecule has 1 aromatic carbocycles. The Bertz CT molecular complexity index is 553. The van der Waals surface area contributed by atoms with Crippen molar-refractivity contribution in [1.82, 2.24) is 4.98 Å². The van der Waals surface area contributed by atoms with Gasteiger partial charge in [-0.15, -0.1) is 0 Å². The number of nitrogen functional groups attached to an aromatic ring is 1. The van der Waals surface area contributed by atoms with Crippen molar-refractivity contribution in [1.29, 1.82) is 0 Å². The highest BCUT2D eigenvalue weighted by molar-refractivity contribution is 5.96. The number of nitrogens with two attached hydrogens (primary N) is 1. The summed E-state index contributed by atoms with van der Waals surface area (Å²) in [5.41, 5.74) is 8.14. The van der Waals surface area contributed by atoms with Crippen LogP contribution in [-0.2, 0) is 4.74 Å². The van der Waals surface area contributed by atoms with Gasteiger partial charge in [-0.05, 0) is 24.3 Å². The molecule has 0 atom stereocenters. The topological polar surface area (TPSA) is 65.2 Å². The van der Waals surface area contributed by atoms with Gasteiger partial charge < -0.3 is 10.5 Å². The summed E-state index contributed by atoms with van der Waals surface area (Å²) >= 11 is 0. The number of nitrogens with zero attached hydrogens (tertiary/aromatic N) is 1. The molecule has 0 fully saturated rings. The third-order valence-corrected chi connectivity index (χ3v) is 2.37. The molecular weight excluding hydrogens is 216 g/mol. The molecule has 0 unspecified atom stereocenters. The van der Waals surface area contributed by atoms with Crippen molar-refractivity contribution in [2.45, 2.75) is 0 Å². The summed E-state index contributed by atoms with van der Waals surface area (Å²) in [6.45, 7) is 0. The van der Waals surface area contributed by atoms with Crippen molar-refractivity contribution >= 4 is 11.7 Å². The fourth-order valence-electron chi connectivity index (χ4n) is 1.60. The van der Waals surface area contributed by atoms with Gasteiger partial charge in [0.1, 0.15) is 0 Å². The Morgan fingerprint density at radius 3 is 2.82 bits per heavy atom. The van der Waals surface area contributed by atoms with Crippen LogP contribution < -0.4 is 5.73 Å². The Kier molecular flexibility index (Phi) is 3.05. The molecule has 4 nitrogen and oxygen atoms in total. The molecule has 0 aliphatic carbocycles. The van der Waals surface area contributed by atoms with E-state index in [2.05, 4.69) is 4.98 Å². The van der Waals surface area contributed by atoms with Gasteiger partial charge in [0.15, 0.2) is 0 Å². The molecule has 0 aliphatic rings. The molecule has 0 saturated heterocycles. The number of hydrogen-bond acceptors (Lipinski definition) is 4. The Hall–Kier alpha value is -2.36. The summed E-state index contributed by atoms with van der Waals surface area (Å²) < 4.78 is 4.72. The molecule has 0 aliphatic heterocycles. The normalized spacial score (nSPS) is 9.94. The molecule has 0 spiro atoms. The number of anilines is 1. The number of benzene rings is 1. The van der Waals surface area contributed by atoms with E-state index >= 15 is 0 Å². The zero-order valence-electron chi connectivity index (χ0n) is 9.38. The highest BCUT2D eigenvalue weighted by atomic mass is 16.5. The number of carbonyl (C=O) groups is 1. The second-order valence-electron chi connectivity index (χ2n) is 3.52. The van der Waals surface area contributed by atoms with Crippen LogP contribution in [-0.4, -0.2) is 18.1 Å². The Morgan fingerprint density at radius 2 is 2.12 bits per heavy atom. The molecule has 0 amide bonds. The van der Waals surface area contributed by atoms with E-state index in [9.17, 15) is 4.79 Å². The zero-order valence-corrected chi connectivity index (χ0v) is 9.38. The number of hydrogen-bond donors (Lipinski definition) is 1. The summed E-state index contributed by atoms with van der Waals surface area (Å²) in [6.07, 6.45) is 1.63. The molecular formula is C13H12N2O2. The second-order valence-corrected chi connectivity index (χ2v) is 3.52. The largest absolute Gasteiger partial charge is 0.465 e. The second kappa shape index (κ2) is 4.65. The van der Waals surface area contributed by atoms with Crippen LogP contribution >= 0.6 is 0 Å². The summed E-state index contributed by atoms with van der Waals surface area (Å²) in [6, 6.07) is 10.6. The fraction of sp³-hybridized carbons (Fsp3) is 0.0769. The summed E-state index contributed by atoms with van der Waals surface area (Å²) in [5.74, 6) is -0.407. The first-order chi connectivity index (χ1) is 8.22. The first kappa shape index (κ1) is 11.1. The van der Waals surface area contributed by atoms with Crippen LogP contribution in [0.4, 0.5) is 5.69 Å². The minimum atomic E-state index is -0.407. The summed E-state index contributed by atoms with van der Waals surface area (Å²) in [5, 5.41) is 0. The molecule has 86 valence electrons. The predicted molar refractivity (Wildman–Crippen MR) is 65.4 cm³/mol. The molecule has 0 radical (unpaired) electrons.